The summed E-state index contributed by atoms with van der Waals surface area (Å²) in [6, 6.07) is 29.6. The molecule has 0 spiro atoms. The van der Waals surface area contributed by atoms with Crippen molar-refractivity contribution in [1.29, 1.82) is 0 Å². The van der Waals surface area contributed by atoms with Gasteiger partial charge in [0.25, 0.3) is 0 Å². The second-order valence-corrected chi connectivity index (χ2v) is 9.67. The van der Waals surface area contributed by atoms with Crippen molar-refractivity contribution in [2.24, 2.45) is 0 Å². The maximum Gasteiger partial charge on any atom is 0.0493 e. The van der Waals surface area contributed by atoms with Gasteiger partial charge in [-0.3, -0.25) is 0 Å². The fourth-order valence-electron chi connectivity index (χ4n) is 4.84. The van der Waals surface area contributed by atoms with Crippen molar-refractivity contribution in [3.05, 3.63) is 84.4 Å². The predicted molar refractivity (Wildman–Crippen MR) is 131 cm³/mol. The summed E-state index contributed by atoms with van der Waals surface area (Å²) in [5.41, 5.74) is 9.46. The van der Waals surface area contributed by atoms with E-state index >= 15 is 0 Å². The van der Waals surface area contributed by atoms with E-state index in [9.17, 15) is 0 Å². The summed E-state index contributed by atoms with van der Waals surface area (Å²) in [4.78, 5) is 2.47. The zero-order valence-corrected chi connectivity index (χ0v) is 18.5. The fourth-order valence-corrected chi connectivity index (χ4v) is 4.84. The van der Waals surface area contributed by atoms with Crippen molar-refractivity contribution in [2.75, 3.05) is 4.90 Å². The van der Waals surface area contributed by atoms with E-state index in [0.717, 1.165) is 0 Å². The Balaban J connectivity index is 1.70. The molecule has 0 aromatic heterocycles. The lowest BCUT2D eigenvalue weighted by Crippen LogP contribution is -2.25. The molecule has 0 heterocycles. The Morgan fingerprint density at radius 2 is 1.23 bits per heavy atom. The maximum atomic E-state index is 2.47. The minimum atomic E-state index is 0.162. The lowest BCUT2D eigenvalue weighted by molar-refractivity contribution is 0.590. The first-order chi connectivity index (χ1) is 14.4. The molecule has 0 saturated carbocycles. The van der Waals surface area contributed by atoms with Gasteiger partial charge in [0, 0.05) is 22.8 Å². The largest absolute Gasteiger partial charge is 0.338 e. The molecule has 4 aromatic rings. The second-order valence-electron chi connectivity index (χ2n) is 9.67. The Kier molecular flexibility index (Phi) is 4.25. The Bertz CT molecular complexity index is 1210. The molecule has 1 aliphatic carbocycles. The quantitative estimate of drug-likeness (QED) is 0.299. The number of hydrogen-bond donors (Lipinski definition) is 0. The Morgan fingerprint density at radius 3 is 1.83 bits per heavy atom. The van der Waals surface area contributed by atoms with Gasteiger partial charge in [-0.1, -0.05) is 81.4 Å². The van der Waals surface area contributed by atoms with Gasteiger partial charge in [-0.25, -0.2) is 0 Å². The average Bonchev–Trinajstić information content (AvgIpc) is 3.05. The highest BCUT2D eigenvalue weighted by Gasteiger charge is 2.24. The molecule has 0 fully saturated rings. The Labute approximate surface area is 180 Å². The van der Waals surface area contributed by atoms with Gasteiger partial charge < -0.3 is 4.90 Å². The zero-order chi connectivity index (χ0) is 21.0. The topological polar surface area (TPSA) is 3.24 Å². The molecule has 1 aliphatic rings. The van der Waals surface area contributed by atoms with Crippen LogP contribution >= 0.6 is 0 Å². The van der Waals surface area contributed by atoms with Crippen LogP contribution in [0, 0.1) is 0 Å². The van der Waals surface area contributed by atoms with Crippen LogP contribution in [-0.2, 0) is 5.41 Å². The van der Waals surface area contributed by atoms with Crippen LogP contribution in [0.4, 0.5) is 11.4 Å². The van der Waals surface area contributed by atoms with Crippen molar-refractivity contribution in [3.8, 4) is 22.3 Å². The third-order valence-corrected chi connectivity index (χ3v) is 6.31. The van der Waals surface area contributed by atoms with Crippen LogP contribution in [0.25, 0.3) is 33.0 Å². The highest BCUT2D eigenvalue weighted by atomic mass is 15.2. The minimum Gasteiger partial charge on any atom is -0.338 e. The van der Waals surface area contributed by atoms with Crippen LogP contribution in [0.15, 0.2) is 78.9 Å². The molecule has 1 nitrogen and oxygen atoms in total. The Morgan fingerprint density at radius 1 is 0.633 bits per heavy atom. The van der Waals surface area contributed by atoms with Gasteiger partial charge in [0.05, 0.1) is 0 Å². The lowest BCUT2D eigenvalue weighted by atomic mass is 9.87. The first-order valence-electron chi connectivity index (χ1n) is 10.9. The standard InChI is InChI=1S/C29H29N/c1-19(2)30(21-15-13-20(14-16-21)29(3,4)5)27-18-17-25-23-10-7-6-9-22(23)24-11-8-12-26(27)28(24)25/h6-19H,1-5H3. The van der Waals surface area contributed by atoms with Crippen molar-refractivity contribution in [1.82, 2.24) is 0 Å². The van der Waals surface area contributed by atoms with Crippen LogP contribution in [-0.4, -0.2) is 6.04 Å². The molecule has 5 rings (SSSR count). The average molecular weight is 392 g/mol. The van der Waals surface area contributed by atoms with Crippen LogP contribution in [0.3, 0.4) is 0 Å². The van der Waals surface area contributed by atoms with Crippen LogP contribution in [0.1, 0.15) is 40.2 Å². The molecular formula is C29H29N. The molecular weight excluding hydrogens is 362 g/mol. The number of rotatable bonds is 3. The van der Waals surface area contributed by atoms with Crippen LogP contribution in [0.5, 0.6) is 0 Å². The molecule has 30 heavy (non-hydrogen) atoms. The molecule has 0 radical (unpaired) electrons. The highest BCUT2D eigenvalue weighted by Crippen LogP contribution is 2.50. The number of benzene rings is 4. The first-order valence-corrected chi connectivity index (χ1v) is 10.9. The van der Waals surface area contributed by atoms with Crippen LogP contribution < -0.4 is 4.90 Å². The van der Waals surface area contributed by atoms with Gasteiger partial charge in [-0.05, 0) is 70.7 Å². The molecule has 1 heteroatoms. The third kappa shape index (κ3) is 2.84. The molecule has 0 bridgehead atoms. The monoisotopic (exact) mass is 391 g/mol. The summed E-state index contributed by atoms with van der Waals surface area (Å²) >= 11 is 0. The second kappa shape index (κ2) is 6.74. The molecule has 4 aromatic carbocycles. The van der Waals surface area contributed by atoms with E-state index in [1.807, 2.05) is 0 Å². The minimum absolute atomic E-state index is 0.162. The van der Waals surface area contributed by atoms with Gasteiger partial charge >= 0.3 is 0 Å². The number of fused-ring (bicyclic) bond motifs is 3. The molecule has 0 atom stereocenters. The number of nitrogens with zero attached hydrogens (tertiary/aromatic N) is 1. The van der Waals surface area contributed by atoms with E-state index in [1.165, 1.54) is 50.0 Å². The summed E-state index contributed by atoms with van der Waals surface area (Å²) < 4.78 is 0. The van der Waals surface area contributed by atoms with E-state index in [4.69, 9.17) is 0 Å². The van der Waals surface area contributed by atoms with Gasteiger partial charge in [-0.2, -0.15) is 0 Å². The molecule has 0 unspecified atom stereocenters. The van der Waals surface area contributed by atoms with Crippen molar-refractivity contribution < 1.29 is 0 Å². The molecule has 0 aliphatic heterocycles. The maximum absolute atomic E-state index is 2.47. The van der Waals surface area contributed by atoms with E-state index in [0.29, 0.717) is 6.04 Å². The SMILES string of the molecule is CC(C)N(c1ccc(C(C)(C)C)cc1)c1ccc2c3c(cccc13)-c1ccccc1-2. The molecule has 150 valence electrons. The van der Waals surface area contributed by atoms with Crippen molar-refractivity contribution >= 4 is 22.1 Å². The summed E-state index contributed by atoms with van der Waals surface area (Å²) in [5.74, 6) is 0. The highest BCUT2D eigenvalue weighted by molar-refractivity contribution is 6.18. The Hall–Kier alpha value is -3.06. The van der Waals surface area contributed by atoms with Crippen molar-refractivity contribution in [3.63, 3.8) is 0 Å². The number of hydrogen-bond acceptors (Lipinski definition) is 1. The van der Waals surface area contributed by atoms with Gasteiger partial charge in [0.2, 0.25) is 0 Å². The van der Waals surface area contributed by atoms with Crippen molar-refractivity contribution in [2.45, 2.75) is 46.1 Å². The lowest BCUT2D eigenvalue weighted by Gasteiger charge is -2.31. The smallest absolute Gasteiger partial charge is 0.0493 e. The summed E-state index contributed by atoms with van der Waals surface area (Å²) in [6.07, 6.45) is 0. The van der Waals surface area contributed by atoms with E-state index in [2.05, 4.69) is 118 Å². The van der Waals surface area contributed by atoms with E-state index in [-0.39, 0.29) is 5.41 Å². The summed E-state index contributed by atoms with van der Waals surface area (Å²) in [7, 11) is 0. The normalized spacial score (nSPS) is 12.5. The van der Waals surface area contributed by atoms with Gasteiger partial charge in [0.1, 0.15) is 0 Å². The zero-order valence-electron chi connectivity index (χ0n) is 18.5. The van der Waals surface area contributed by atoms with Gasteiger partial charge in [0.15, 0.2) is 0 Å². The summed E-state index contributed by atoms with van der Waals surface area (Å²) in [5, 5.41) is 2.71. The number of anilines is 2. The van der Waals surface area contributed by atoms with E-state index in [1.54, 1.807) is 0 Å². The fraction of sp³-hybridized carbons (Fsp3) is 0.241. The predicted octanol–water partition coefficient (Wildman–Crippen LogP) is 8.33. The molecule has 0 N–H and O–H groups in total. The van der Waals surface area contributed by atoms with Crippen LogP contribution in [0.2, 0.25) is 0 Å². The first kappa shape index (κ1) is 18.9. The van der Waals surface area contributed by atoms with Gasteiger partial charge in [-0.15, -0.1) is 0 Å². The third-order valence-electron chi connectivity index (χ3n) is 6.31. The molecule has 0 amide bonds. The molecule has 0 saturated heterocycles. The van der Waals surface area contributed by atoms with E-state index < -0.39 is 0 Å². The summed E-state index contributed by atoms with van der Waals surface area (Å²) in [6.45, 7) is 11.3.